The van der Waals surface area contributed by atoms with Gasteiger partial charge in [0.25, 0.3) is 5.56 Å². The molecule has 0 amide bonds. The fourth-order valence-corrected chi connectivity index (χ4v) is 3.17. The molecule has 0 spiro atoms. The highest BCUT2D eigenvalue weighted by molar-refractivity contribution is 9.10. The number of hydrogen-bond donors (Lipinski definition) is 1. The summed E-state index contributed by atoms with van der Waals surface area (Å²) in [6, 6.07) is 0. The topological polar surface area (TPSA) is 59.8 Å². The van der Waals surface area contributed by atoms with Crippen LogP contribution in [0.3, 0.4) is 0 Å². The minimum atomic E-state index is -0.149. The Kier molecular flexibility index (Phi) is 4.83. The predicted molar refractivity (Wildman–Crippen MR) is 90.2 cm³/mol. The van der Waals surface area contributed by atoms with Crippen molar-refractivity contribution >= 4 is 33.0 Å². The van der Waals surface area contributed by atoms with Crippen LogP contribution in [0.25, 0.3) is 0 Å². The third-order valence-corrected chi connectivity index (χ3v) is 5.05. The van der Waals surface area contributed by atoms with Gasteiger partial charge in [0.2, 0.25) is 0 Å². The first-order valence-corrected chi connectivity index (χ1v) is 8.37. The fraction of sp³-hybridized carbons (Fsp3) is 0.500. The van der Waals surface area contributed by atoms with E-state index in [0.717, 1.165) is 17.1 Å². The van der Waals surface area contributed by atoms with E-state index < -0.39 is 0 Å². The standard InChI is InChI=1S/C14H19BrN4OS/c1-14(2,3)13-18-9(8-21-13)5-6-16-10-7-17-19(4)12(20)11(10)15/h7-8,16H,5-6H2,1-4H3. The SMILES string of the molecule is Cn1ncc(NCCc2csc(C(C)(C)C)n2)c(Br)c1=O. The Morgan fingerprint density at radius 3 is 2.76 bits per heavy atom. The quantitative estimate of drug-likeness (QED) is 0.898. The molecular formula is C14H19BrN4OS. The first-order chi connectivity index (χ1) is 9.79. The second-order valence-corrected chi connectivity index (χ2v) is 7.52. The molecule has 0 saturated carbocycles. The maximum absolute atomic E-state index is 11.7. The van der Waals surface area contributed by atoms with E-state index in [1.54, 1.807) is 24.6 Å². The highest BCUT2D eigenvalue weighted by Gasteiger charge is 2.17. The molecule has 21 heavy (non-hydrogen) atoms. The summed E-state index contributed by atoms with van der Waals surface area (Å²) in [4.78, 5) is 16.4. The zero-order valence-corrected chi connectivity index (χ0v) is 15.0. The van der Waals surface area contributed by atoms with E-state index in [9.17, 15) is 4.79 Å². The van der Waals surface area contributed by atoms with Crippen molar-refractivity contribution in [1.29, 1.82) is 0 Å². The average molecular weight is 371 g/mol. The van der Waals surface area contributed by atoms with Crippen LogP contribution in [0.15, 0.2) is 20.8 Å². The Balaban J connectivity index is 1.98. The molecule has 0 aliphatic rings. The smallest absolute Gasteiger partial charge is 0.282 e. The molecule has 0 fully saturated rings. The van der Waals surface area contributed by atoms with Crippen molar-refractivity contribution in [3.63, 3.8) is 0 Å². The van der Waals surface area contributed by atoms with Crippen LogP contribution in [0.4, 0.5) is 5.69 Å². The number of anilines is 1. The lowest BCUT2D eigenvalue weighted by atomic mass is 9.98. The summed E-state index contributed by atoms with van der Waals surface area (Å²) in [5.74, 6) is 0. The molecule has 2 heterocycles. The van der Waals surface area contributed by atoms with Gasteiger partial charge in [0, 0.05) is 30.8 Å². The van der Waals surface area contributed by atoms with Crippen LogP contribution in [0.5, 0.6) is 0 Å². The largest absolute Gasteiger partial charge is 0.382 e. The van der Waals surface area contributed by atoms with E-state index in [-0.39, 0.29) is 11.0 Å². The van der Waals surface area contributed by atoms with Crippen molar-refractivity contribution in [1.82, 2.24) is 14.8 Å². The van der Waals surface area contributed by atoms with Crippen molar-refractivity contribution in [2.45, 2.75) is 32.6 Å². The van der Waals surface area contributed by atoms with Gasteiger partial charge in [-0.2, -0.15) is 5.10 Å². The van der Waals surface area contributed by atoms with Crippen LogP contribution in [0.1, 0.15) is 31.5 Å². The monoisotopic (exact) mass is 370 g/mol. The zero-order valence-electron chi connectivity index (χ0n) is 12.6. The van der Waals surface area contributed by atoms with E-state index >= 15 is 0 Å². The number of thiazole rings is 1. The van der Waals surface area contributed by atoms with Gasteiger partial charge in [-0.25, -0.2) is 9.67 Å². The number of aromatic nitrogens is 3. The van der Waals surface area contributed by atoms with Gasteiger partial charge in [-0.1, -0.05) is 20.8 Å². The first kappa shape index (κ1) is 16.2. The molecule has 0 atom stereocenters. The van der Waals surface area contributed by atoms with Crippen LogP contribution in [0.2, 0.25) is 0 Å². The van der Waals surface area contributed by atoms with E-state index in [4.69, 9.17) is 0 Å². The number of nitrogens with one attached hydrogen (secondary N) is 1. The lowest BCUT2D eigenvalue weighted by Crippen LogP contribution is -2.21. The molecule has 0 unspecified atom stereocenters. The second kappa shape index (κ2) is 6.27. The summed E-state index contributed by atoms with van der Waals surface area (Å²) in [6.45, 7) is 7.20. The van der Waals surface area contributed by atoms with E-state index in [1.165, 1.54) is 4.68 Å². The summed E-state index contributed by atoms with van der Waals surface area (Å²) in [6.07, 6.45) is 2.46. The summed E-state index contributed by atoms with van der Waals surface area (Å²) < 4.78 is 1.80. The van der Waals surface area contributed by atoms with Crippen LogP contribution < -0.4 is 10.9 Å². The summed E-state index contributed by atoms with van der Waals surface area (Å²) in [5, 5.41) is 10.5. The second-order valence-electron chi connectivity index (χ2n) is 5.87. The van der Waals surface area contributed by atoms with Crippen molar-refractivity contribution in [2.75, 3.05) is 11.9 Å². The Labute approximate surface area is 136 Å². The minimum Gasteiger partial charge on any atom is -0.382 e. The molecule has 0 aromatic carbocycles. The highest BCUT2D eigenvalue weighted by Crippen LogP contribution is 2.25. The lowest BCUT2D eigenvalue weighted by Gasteiger charge is -2.13. The fourth-order valence-electron chi connectivity index (χ4n) is 1.73. The van der Waals surface area contributed by atoms with Crippen molar-refractivity contribution in [2.24, 2.45) is 7.05 Å². The summed E-state index contributed by atoms with van der Waals surface area (Å²) >= 11 is 4.99. The molecule has 114 valence electrons. The van der Waals surface area contributed by atoms with Gasteiger partial charge < -0.3 is 5.32 Å². The zero-order chi connectivity index (χ0) is 15.6. The van der Waals surface area contributed by atoms with Crippen LogP contribution in [-0.2, 0) is 18.9 Å². The molecule has 1 N–H and O–H groups in total. The number of halogens is 1. The van der Waals surface area contributed by atoms with Crippen molar-refractivity contribution in [3.8, 4) is 0 Å². The highest BCUT2D eigenvalue weighted by atomic mass is 79.9. The predicted octanol–water partition coefficient (Wildman–Crippen LogP) is 2.95. The van der Waals surface area contributed by atoms with Gasteiger partial charge in [-0.3, -0.25) is 4.79 Å². The van der Waals surface area contributed by atoms with Crippen LogP contribution in [0, 0.1) is 0 Å². The lowest BCUT2D eigenvalue weighted by molar-refractivity contribution is 0.583. The van der Waals surface area contributed by atoms with Gasteiger partial charge in [0.1, 0.15) is 4.47 Å². The number of nitrogens with zero attached hydrogens (tertiary/aromatic N) is 3. The molecule has 0 radical (unpaired) electrons. The molecule has 2 rings (SSSR count). The van der Waals surface area contributed by atoms with Crippen LogP contribution >= 0.6 is 27.3 Å². The third-order valence-electron chi connectivity index (χ3n) is 2.97. The number of aryl methyl sites for hydroxylation is 1. The van der Waals surface area contributed by atoms with Gasteiger partial charge in [-0.05, 0) is 15.9 Å². The molecule has 0 bridgehead atoms. The molecule has 0 aliphatic carbocycles. The number of hydrogen-bond acceptors (Lipinski definition) is 5. The van der Waals surface area contributed by atoms with Crippen molar-refractivity contribution in [3.05, 3.63) is 37.1 Å². The Morgan fingerprint density at radius 1 is 1.43 bits per heavy atom. The molecule has 7 heteroatoms. The Bertz CT molecular complexity index is 687. The first-order valence-electron chi connectivity index (χ1n) is 6.69. The van der Waals surface area contributed by atoms with Gasteiger partial charge in [-0.15, -0.1) is 11.3 Å². The summed E-state index contributed by atoms with van der Waals surface area (Å²) in [5.41, 5.74) is 1.73. The maximum Gasteiger partial charge on any atom is 0.282 e. The van der Waals surface area contributed by atoms with Gasteiger partial charge in [0.15, 0.2) is 0 Å². The normalized spacial score (nSPS) is 11.7. The maximum atomic E-state index is 11.7. The van der Waals surface area contributed by atoms with Gasteiger partial charge >= 0.3 is 0 Å². The summed E-state index contributed by atoms with van der Waals surface area (Å²) in [7, 11) is 1.63. The Morgan fingerprint density at radius 2 is 2.14 bits per heavy atom. The molecule has 2 aromatic rings. The van der Waals surface area contributed by atoms with Gasteiger partial charge in [0.05, 0.1) is 22.6 Å². The molecular weight excluding hydrogens is 352 g/mol. The number of rotatable bonds is 4. The van der Waals surface area contributed by atoms with E-state index in [1.807, 2.05) is 0 Å². The molecule has 2 aromatic heterocycles. The third kappa shape index (κ3) is 3.91. The average Bonchev–Trinajstić information content (AvgIpc) is 2.87. The molecule has 5 nitrogen and oxygen atoms in total. The minimum absolute atomic E-state index is 0.0922. The van der Waals surface area contributed by atoms with Crippen molar-refractivity contribution < 1.29 is 0 Å². The van der Waals surface area contributed by atoms with Crippen LogP contribution in [-0.4, -0.2) is 21.3 Å². The molecule has 0 aliphatic heterocycles. The van der Waals surface area contributed by atoms with E-state index in [2.05, 4.69) is 57.5 Å². The Hall–Kier alpha value is -1.21. The molecule has 0 saturated heterocycles. The van der Waals surface area contributed by atoms with E-state index in [0.29, 0.717) is 16.7 Å².